The molecule has 39 heavy (non-hydrogen) atoms. The van der Waals surface area contributed by atoms with Crippen molar-refractivity contribution in [2.24, 2.45) is 5.92 Å². The van der Waals surface area contributed by atoms with Gasteiger partial charge in [0.05, 0.1) is 13.2 Å². The topological polar surface area (TPSA) is 110 Å². The molecule has 0 unspecified atom stereocenters. The summed E-state index contributed by atoms with van der Waals surface area (Å²) >= 11 is 0. The van der Waals surface area contributed by atoms with E-state index in [1.165, 1.54) is 18.9 Å². The molecule has 1 saturated carbocycles. The van der Waals surface area contributed by atoms with E-state index in [0.29, 0.717) is 42.0 Å². The molecule has 1 aliphatic carbocycles. The van der Waals surface area contributed by atoms with Crippen molar-refractivity contribution in [1.82, 2.24) is 14.5 Å². The van der Waals surface area contributed by atoms with Gasteiger partial charge in [0, 0.05) is 55.0 Å². The van der Waals surface area contributed by atoms with Crippen molar-refractivity contribution in [3.05, 3.63) is 59.9 Å². The van der Waals surface area contributed by atoms with E-state index in [0.717, 1.165) is 30.8 Å². The number of amides is 1. The number of nitrogens with zero attached hydrogens (tertiary/aromatic N) is 4. The van der Waals surface area contributed by atoms with Crippen LogP contribution in [-0.2, 0) is 16.1 Å². The number of rotatable bonds is 6. The molecular weight excluding hydrogens is 522 g/mol. The Hall–Kier alpha value is -4.00. The number of benzene rings is 1. The smallest absolute Gasteiger partial charge is 0.475 e. The van der Waals surface area contributed by atoms with Crippen LogP contribution in [0.3, 0.4) is 0 Å². The highest BCUT2D eigenvalue weighted by atomic mass is 19.4. The molecule has 1 amide bonds. The third-order valence-corrected chi connectivity index (χ3v) is 6.22. The van der Waals surface area contributed by atoms with Crippen molar-refractivity contribution in [2.75, 3.05) is 36.5 Å². The number of morpholine rings is 1. The fourth-order valence-electron chi connectivity index (χ4n) is 3.85. The van der Waals surface area contributed by atoms with E-state index in [1.807, 2.05) is 16.8 Å². The van der Waals surface area contributed by atoms with Gasteiger partial charge in [0.15, 0.2) is 0 Å². The van der Waals surface area contributed by atoms with E-state index < -0.39 is 12.1 Å². The molecule has 13 heteroatoms. The number of carbonyl (C=O) groups is 2. The quantitative estimate of drug-likeness (QED) is 0.435. The molecule has 3 aromatic rings. The molecule has 2 fully saturated rings. The predicted molar refractivity (Wildman–Crippen MR) is 134 cm³/mol. The molecule has 0 radical (unpaired) electrons. The van der Waals surface area contributed by atoms with Crippen LogP contribution in [0, 0.1) is 18.7 Å². The number of hydrogen-bond donors (Lipinski definition) is 2. The standard InChI is InChI=1S/C24H26FN5O2.C2HF3O2/c1-16-2-5-20(11-21(16)25)28-23(31)22-10-18(15-30(22)14-17-3-4-17)19-12-26-24(27-13-19)29-6-8-32-9-7-29;3-2(4,5)1(6)7/h2,5,10-13,15,17H,3-4,6-9,14H2,1H3,(H,28,31);(H,6,7). The van der Waals surface area contributed by atoms with Gasteiger partial charge in [-0.1, -0.05) is 6.07 Å². The van der Waals surface area contributed by atoms with Crippen molar-refractivity contribution in [3.8, 4) is 11.1 Å². The number of carbonyl (C=O) groups excluding carboxylic acids is 1. The van der Waals surface area contributed by atoms with Crippen LogP contribution < -0.4 is 10.2 Å². The Bertz CT molecular complexity index is 1320. The first-order chi connectivity index (χ1) is 18.5. The number of halogens is 4. The third kappa shape index (κ3) is 7.53. The number of alkyl halides is 3. The van der Waals surface area contributed by atoms with Crippen LogP contribution in [0.25, 0.3) is 11.1 Å². The van der Waals surface area contributed by atoms with Crippen LogP contribution in [0.4, 0.5) is 29.2 Å². The van der Waals surface area contributed by atoms with Crippen LogP contribution in [-0.4, -0.2) is 64.0 Å². The summed E-state index contributed by atoms with van der Waals surface area (Å²) in [4.78, 5) is 33.1. The zero-order valence-electron chi connectivity index (χ0n) is 21.0. The van der Waals surface area contributed by atoms with Crippen LogP contribution in [0.2, 0.25) is 0 Å². The Balaban J connectivity index is 0.000000448. The molecule has 3 heterocycles. The summed E-state index contributed by atoms with van der Waals surface area (Å²) in [6, 6.07) is 6.58. The summed E-state index contributed by atoms with van der Waals surface area (Å²) < 4.78 is 53.0. The van der Waals surface area contributed by atoms with E-state index in [2.05, 4.69) is 20.2 Å². The zero-order valence-corrected chi connectivity index (χ0v) is 21.0. The number of carboxylic acids is 1. The number of anilines is 2. The number of carboxylic acid groups (broad SMARTS) is 1. The molecule has 0 spiro atoms. The van der Waals surface area contributed by atoms with Gasteiger partial charge in [-0.15, -0.1) is 0 Å². The minimum absolute atomic E-state index is 0.258. The monoisotopic (exact) mass is 549 g/mol. The lowest BCUT2D eigenvalue weighted by molar-refractivity contribution is -0.192. The van der Waals surface area contributed by atoms with Crippen molar-refractivity contribution in [3.63, 3.8) is 0 Å². The number of aliphatic carboxylic acids is 1. The third-order valence-electron chi connectivity index (χ3n) is 6.22. The van der Waals surface area contributed by atoms with E-state index in [1.54, 1.807) is 31.5 Å². The van der Waals surface area contributed by atoms with Gasteiger partial charge in [-0.3, -0.25) is 4.79 Å². The molecule has 0 atom stereocenters. The highest BCUT2D eigenvalue weighted by Crippen LogP contribution is 2.33. The Labute approximate surface area is 221 Å². The maximum absolute atomic E-state index is 13.9. The Morgan fingerprint density at radius 3 is 2.31 bits per heavy atom. The minimum atomic E-state index is -5.08. The van der Waals surface area contributed by atoms with Gasteiger partial charge in [0.25, 0.3) is 5.91 Å². The van der Waals surface area contributed by atoms with E-state index >= 15 is 0 Å². The average Bonchev–Trinajstić information content (AvgIpc) is 3.62. The van der Waals surface area contributed by atoms with Crippen LogP contribution in [0.1, 0.15) is 28.9 Å². The highest BCUT2D eigenvalue weighted by Gasteiger charge is 2.38. The summed E-state index contributed by atoms with van der Waals surface area (Å²) in [6.45, 7) is 5.40. The largest absolute Gasteiger partial charge is 0.490 e. The van der Waals surface area contributed by atoms with Crippen molar-refractivity contribution < 1.29 is 37.0 Å². The van der Waals surface area contributed by atoms with E-state index in [-0.39, 0.29) is 11.7 Å². The second-order valence-corrected chi connectivity index (χ2v) is 9.30. The summed E-state index contributed by atoms with van der Waals surface area (Å²) in [5.41, 5.74) is 3.27. The van der Waals surface area contributed by atoms with Gasteiger partial charge in [-0.05, 0) is 49.4 Å². The van der Waals surface area contributed by atoms with Gasteiger partial charge < -0.3 is 24.6 Å². The lowest BCUT2D eigenvalue weighted by atomic mass is 10.2. The predicted octanol–water partition coefficient (Wildman–Crippen LogP) is 4.52. The van der Waals surface area contributed by atoms with Crippen LogP contribution >= 0.6 is 0 Å². The number of ether oxygens (including phenoxy) is 1. The average molecular weight is 550 g/mol. The number of nitrogens with one attached hydrogen (secondary N) is 1. The fourth-order valence-corrected chi connectivity index (χ4v) is 3.85. The zero-order chi connectivity index (χ0) is 28.2. The molecule has 2 aromatic heterocycles. The Kier molecular flexibility index (Phi) is 8.48. The van der Waals surface area contributed by atoms with E-state index in [4.69, 9.17) is 14.6 Å². The lowest BCUT2D eigenvalue weighted by Gasteiger charge is -2.26. The first-order valence-electron chi connectivity index (χ1n) is 12.2. The molecule has 5 rings (SSSR count). The first kappa shape index (κ1) is 28.0. The van der Waals surface area contributed by atoms with Gasteiger partial charge in [0.1, 0.15) is 11.5 Å². The molecule has 208 valence electrons. The second kappa shape index (κ2) is 11.8. The fraction of sp³-hybridized carbons (Fsp3) is 0.385. The highest BCUT2D eigenvalue weighted by molar-refractivity contribution is 6.04. The summed E-state index contributed by atoms with van der Waals surface area (Å²) in [6.07, 6.45) is 2.84. The van der Waals surface area contributed by atoms with Gasteiger partial charge in [-0.25, -0.2) is 19.2 Å². The Morgan fingerprint density at radius 2 is 1.74 bits per heavy atom. The number of aromatic nitrogens is 3. The number of aryl methyl sites for hydroxylation is 1. The van der Waals surface area contributed by atoms with Crippen molar-refractivity contribution in [1.29, 1.82) is 0 Å². The second-order valence-electron chi connectivity index (χ2n) is 9.30. The van der Waals surface area contributed by atoms with Crippen molar-refractivity contribution >= 4 is 23.5 Å². The van der Waals surface area contributed by atoms with Crippen molar-refractivity contribution in [2.45, 2.75) is 32.5 Å². The first-order valence-corrected chi connectivity index (χ1v) is 12.2. The molecule has 1 saturated heterocycles. The van der Waals surface area contributed by atoms with E-state index in [9.17, 15) is 22.4 Å². The summed E-state index contributed by atoms with van der Waals surface area (Å²) in [7, 11) is 0. The lowest BCUT2D eigenvalue weighted by Crippen LogP contribution is -2.37. The molecule has 2 N–H and O–H groups in total. The molecule has 9 nitrogen and oxygen atoms in total. The SMILES string of the molecule is Cc1ccc(NC(=O)c2cc(-c3cnc(N4CCOCC4)nc3)cn2CC2CC2)cc1F.O=C(O)C(F)(F)F. The molecule has 1 aromatic carbocycles. The summed E-state index contributed by atoms with van der Waals surface area (Å²) in [5.74, 6) is -2.07. The number of hydrogen-bond acceptors (Lipinski definition) is 6. The summed E-state index contributed by atoms with van der Waals surface area (Å²) in [5, 5.41) is 9.95. The molecule has 2 aliphatic rings. The molecule has 1 aliphatic heterocycles. The minimum Gasteiger partial charge on any atom is -0.475 e. The normalized spacial score (nSPS) is 15.4. The molecule has 0 bridgehead atoms. The molecular formula is C26H27F4N5O4. The maximum atomic E-state index is 13.9. The van der Waals surface area contributed by atoms with Gasteiger partial charge >= 0.3 is 12.1 Å². The Morgan fingerprint density at radius 1 is 1.10 bits per heavy atom. The van der Waals surface area contributed by atoms with Gasteiger partial charge in [0.2, 0.25) is 5.95 Å². The maximum Gasteiger partial charge on any atom is 0.490 e. The van der Waals surface area contributed by atoms with Crippen LogP contribution in [0.15, 0.2) is 42.9 Å². The van der Waals surface area contributed by atoms with Crippen LogP contribution in [0.5, 0.6) is 0 Å². The van der Waals surface area contributed by atoms with Gasteiger partial charge in [-0.2, -0.15) is 13.2 Å².